The zero-order chi connectivity index (χ0) is 10.8. The van der Waals surface area contributed by atoms with E-state index in [1.165, 1.54) is 0 Å². The second kappa shape index (κ2) is 8.67. The van der Waals surface area contributed by atoms with Crippen molar-refractivity contribution >= 4 is 0 Å². The fourth-order valence-electron chi connectivity index (χ4n) is 1.06. The van der Waals surface area contributed by atoms with Crippen molar-refractivity contribution in [2.75, 3.05) is 19.7 Å². The molecule has 82 valence electrons. The highest BCUT2D eigenvalue weighted by molar-refractivity contribution is 4.86. The maximum Gasteiger partial charge on any atom is 0.0933 e. The van der Waals surface area contributed by atoms with Crippen LogP contribution < -0.4 is 0 Å². The summed E-state index contributed by atoms with van der Waals surface area (Å²) in [5.41, 5.74) is 0. The largest absolute Gasteiger partial charge is 0.501 e. The maximum absolute atomic E-state index is 5.29. The molecule has 0 aromatic heterocycles. The third-order valence-electron chi connectivity index (χ3n) is 2.03. The Balaban J connectivity index is 3.73. The summed E-state index contributed by atoms with van der Waals surface area (Å²) in [7, 11) is 0. The summed E-state index contributed by atoms with van der Waals surface area (Å²) in [5, 5.41) is 0. The van der Waals surface area contributed by atoms with Crippen LogP contribution in [0.5, 0.6) is 0 Å². The highest BCUT2D eigenvalue weighted by Gasteiger charge is 1.96. The molecule has 1 atom stereocenters. The van der Waals surface area contributed by atoms with Crippen LogP contribution in [0.3, 0.4) is 0 Å². The second-order valence-electron chi connectivity index (χ2n) is 3.34. The zero-order valence-corrected chi connectivity index (χ0v) is 9.86. The molecule has 0 rings (SSSR count). The Morgan fingerprint density at radius 2 is 1.93 bits per heavy atom. The molecule has 0 radical (unpaired) electrons. The standard InChI is InChI=1S/C12H23NO/c1-5-10-14-11-12(4)8-9-13(6-2)7-3/h5,8-10,12H,6-7,11H2,1-4H3/t12-/m1/s1. The summed E-state index contributed by atoms with van der Waals surface area (Å²) >= 11 is 0. The van der Waals surface area contributed by atoms with E-state index in [1.807, 2.05) is 13.0 Å². The number of allylic oxidation sites excluding steroid dienone is 1. The van der Waals surface area contributed by atoms with E-state index in [4.69, 9.17) is 4.74 Å². The fraction of sp³-hybridized carbons (Fsp3) is 0.667. The molecule has 0 fully saturated rings. The van der Waals surface area contributed by atoms with Crippen molar-refractivity contribution in [3.05, 3.63) is 24.6 Å². The Kier molecular flexibility index (Phi) is 8.10. The predicted molar refractivity (Wildman–Crippen MR) is 62.0 cm³/mol. The normalized spacial score (nSPS) is 13.7. The molecule has 0 saturated carbocycles. The Morgan fingerprint density at radius 3 is 2.43 bits per heavy atom. The smallest absolute Gasteiger partial charge is 0.0933 e. The van der Waals surface area contributed by atoms with Crippen LogP contribution in [0.15, 0.2) is 24.6 Å². The first kappa shape index (κ1) is 13.1. The first-order chi connectivity index (χ1) is 6.74. The van der Waals surface area contributed by atoms with Gasteiger partial charge in [-0.3, -0.25) is 0 Å². The Labute approximate surface area is 88.2 Å². The van der Waals surface area contributed by atoms with Crippen LogP contribution in [0.4, 0.5) is 0 Å². The lowest BCUT2D eigenvalue weighted by molar-refractivity contribution is 0.221. The minimum atomic E-state index is 0.465. The second-order valence-corrected chi connectivity index (χ2v) is 3.34. The maximum atomic E-state index is 5.29. The average molecular weight is 197 g/mol. The van der Waals surface area contributed by atoms with Crippen molar-refractivity contribution in [2.24, 2.45) is 5.92 Å². The van der Waals surface area contributed by atoms with Crippen LogP contribution in [-0.4, -0.2) is 24.6 Å². The Hall–Kier alpha value is -0.920. The third-order valence-corrected chi connectivity index (χ3v) is 2.03. The molecule has 0 aromatic rings. The molecule has 2 heteroatoms. The van der Waals surface area contributed by atoms with Crippen LogP contribution >= 0.6 is 0 Å². The molecular weight excluding hydrogens is 174 g/mol. The quantitative estimate of drug-likeness (QED) is 0.582. The van der Waals surface area contributed by atoms with E-state index >= 15 is 0 Å². The van der Waals surface area contributed by atoms with Crippen LogP contribution in [0.25, 0.3) is 0 Å². The van der Waals surface area contributed by atoms with E-state index in [0.29, 0.717) is 5.92 Å². The number of nitrogens with zero attached hydrogens (tertiary/aromatic N) is 1. The third kappa shape index (κ3) is 6.58. The molecular formula is C12H23NO. The van der Waals surface area contributed by atoms with Crippen LogP contribution in [0, 0.1) is 5.92 Å². The Morgan fingerprint density at radius 1 is 1.29 bits per heavy atom. The van der Waals surface area contributed by atoms with E-state index in [9.17, 15) is 0 Å². The zero-order valence-electron chi connectivity index (χ0n) is 9.86. The molecule has 0 aliphatic heterocycles. The van der Waals surface area contributed by atoms with Gasteiger partial charge in [0.25, 0.3) is 0 Å². The van der Waals surface area contributed by atoms with Gasteiger partial charge in [0.15, 0.2) is 0 Å². The molecule has 14 heavy (non-hydrogen) atoms. The van der Waals surface area contributed by atoms with Gasteiger partial charge in [-0.05, 0) is 27.0 Å². The number of hydrogen-bond acceptors (Lipinski definition) is 2. The summed E-state index contributed by atoms with van der Waals surface area (Å²) < 4.78 is 5.29. The highest BCUT2D eigenvalue weighted by Crippen LogP contribution is 2.00. The predicted octanol–water partition coefficient (Wildman–Crippen LogP) is 3.03. The summed E-state index contributed by atoms with van der Waals surface area (Å²) in [6, 6.07) is 0. The van der Waals surface area contributed by atoms with Gasteiger partial charge >= 0.3 is 0 Å². The van der Waals surface area contributed by atoms with Crippen molar-refractivity contribution < 1.29 is 4.74 Å². The minimum absolute atomic E-state index is 0.465. The van der Waals surface area contributed by atoms with E-state index in [2.05, 4.69) is 37.9 Å². The monoisotopic (exact) mass is 197 g/mol. The number of rotatable bonds is 7. The number of hydrogen-bond donors (Lipinski definition) is 0. The summed E-state index contributed by atoms with van der Waals surface area (Å²) in [6.07, 6.45) is 7.99. The molecule has 0 saturated heterocycles. The molecule has 0 aliphatic rings. The first-order valence-electron chi connectivity index (χ1n) is 5.39. The van der Waals surface area contributed by atoms with Gasteiger partial charge in [-0.2, -0.15) is 0 Å². The van der Waals surface area contributed by atoms with Gasteiger partial charge in [-0.15, -0.1) is 0 Å². The van der Waals surface area contributed by atoms with E-state index < -0.39 is 0 Å². The molecule has 0 aromatic carbocycles. The Bertz CT molecular complexity index is 171. The van der Waals surface area contributed by atoms with Gasteiger partial charge in [0.1, 0.15) is 0 Å². The highest BCUT2D eigenvalue weighted by atomic mass is 16.5. The SMILES string of the molecule is CC=COC[C@H](C)C=CN(CC)CC. The fourth-order valence-corrected chi connectivity index (χ4v) is 1.06. The van der Waals surface area contributed by atoms with Gasteiger partial charge in [0.05, 0.1) is 12.9 Å². The first-order valence-corrected chi connectivity index (χ1v) is 5.39. The lowest BCUT2D eigenvalue weighted by Gasteiger charge is -2.15. The molecule has 0 aliphatic carbocycles. The lowest BCUT2D eigenvalue weighted by atomic mass is 10.2. The molecule has 0 bridgehead atoms. The van der Waals surface area contributed by atoms with Gasteiger partial charge in [0.2, 0.25) is 0 Å². The van der Waals surface area contributed by atoms with Crippen LogP contribution in [-0.2, 0) is 4.74 Å². The van der Waals surface area contributed by atoms with Crippen LogP contribution in [0.2, 0.25) is 0 Å². The van der Waals surface area contributed by atoms with Crippen LogP contribution in [0.1, 0.15) is 27.7 Å². The molecule has 0 amide bonds. The molecule has 0 spiro atoms. The summed E-state index contributed by atoms with van der Waals surface area (Å²) in [6.45, 7) is 11.3. The average Bonchev–Trinajstić information content (AvgIpc) is 2.20. The van der Waals surface area contributed by atoms with Crippen molar-refractivity contribution in [1.82, 2.24) is 4.90 Å². The van der Waals surface area contributed by atoms with Crippen molar-refractivity contribution in [2.45, 2.75) is 27.7 Å². The molecule has 2 nitrogen and oxygen atoms in total. The van der Waals surface area contributed by atoms with E-state index in [1.54, 1.807) is 6.26 Å². The van der Waals surface area contributed by atoms with Crippen molar-refractivity contribution in [1.29, 1.82) is 0 Å². The van der Waals surface area contributed by atoms with Gasteiger partial charge < -0.3 is 9.64 Å². The number of ether oxygens (including phenoxy) is 1. The molecule has 0 heterocycles. The van der Waals surface area contributed by atoms with Gasteiger partial charge in [0, 0.05) is 19.0 Å². The summed E-state index contributed by atoms with van der Waals surface area (Å²) in [5.74, 6) is 0.465. The van der Waals surface area contributed by atoms with Crippen molar-refractivity contribution in [3.63, 3.8) is 0 Å². The summed E-state index contributed by atoms with van der Waals surface area (Å²) in [4.78, 5) is 2.27. The van der Waals surface area contributed by atoms with Gasteiger partial charge in [-0.1, -0.05) is 19.1 Å². The van der Waals surface area contributed by atoms with Gasteiger partial charge in [-0.25, -0.2) is 0 Å². The topological polar surface area (TPSA) is 12.5 Å². The van der Waals surface area contributed by atoms with E-state index in [-0.39, 0.29) is 0 Å². The molecule has 0 unspecified atom stereocenters. The minimum Gasteiger partial charge on any atom is -0.501 e. The van der Waals surface area contributed by atoms with Crippen molar-refractivity contribution in [3.8, 4) is 0 Å². The lowest BCUT2D eigenvalue weighted by Crippen LogP contribution is -2.16. The molecule has 0 N–H and O–H groups in total. The van der Waals surface area contributed by atoms with E-state index in [0.717, 1.165) is 19.7 Å².